The summed E-state index contributed by atoms with van der Waals surface area (Å²) >= 11 is 0. The van der Waals surface area contributed by atoms with Gasteiger partial charge in [-0.05, 0) is 52.4 Å². The van der Waals surface area contributed by atoms with Gasteiger partial charge < -0.3 is 25.8 Å². The molecule has 7 nitrogen and oxygen atoms in total. The summed E-state index contributed by atoms with van der Waals surface area (Å²) in [5.41, 5.74) is -0.494. The van der Waals surface area contributed by atoms with Gasteiger partial charge in [0.25, 0.3) is 0 Å². The molecular formula is C18H39IN4O3. The van der Waals surface area contributed by atoms with Crippen LogP contribution in [0.1, 0.15) is 54.4 Å². The summed E-state index contributed by atoms with van der Waals surface area (Å²) in [6.07, 6.45) is 1.39. The smallest absolute Gasteiger partial charge is 0.407 e. The molecule has 1 atom stereocenters. The number of hydrogen-bond donors (Lipinski definition) is 4. The standard InChI is InChI=1S/C18H38N4O3.HI/c1-7-19-16(22-13-15(8-11-23)12-14(2)3)20-9-10-21-17(24)25-18(4,5)6;/h14-15,23H,7-13H2,1-6H3,(H,21,24)(H2,19,20,22);1H. The number of aliphatic hydroxyl groups is 1. The van der Waals surface area contributed by atoms with Crippen LogP contribution in [0.4, 0.5) is 4.79 Å². The molecule has 0 saturated carbocycles. The maximum absolute atomic E-state index is 11.6. The minimum Gasteiger partial charge on any atom is -0.444 e. The van der Waals surface area contributed by atoms with E-state index in [0.717, 1.165) is 25.3 Å². The fourth-order valence-electron chi connectivity index (χ4n) is 2.35. The molecule has 0 saturated heterocycles. The average molecular weight is 486 g/mol. The summed E-state index contributed by atoms with van der Waals surface area (Å²) in [6, 6.07) is 0. The molecule has 1 unspecified atom stereocenters. The molecule has 0 spiro atoms. The van der Waals surface area contributed by atoms with Crippen LogP contribution >= 0.6 is 24.0 Å². The summed E-state index contributed by atoms with van der Waals surface area (Å²) in [5.74, 6) is 1.68. The largest absolute Gasteiger partial charge is 0.444 e. The van der Waals surface area contributed by atoms with E-state index in [9.17, 15) is 9.90 Å². The summed E-state index contributed by atoms with van der Waals surface area (Å²) in [5, 5.41) is 18.3. The second-order valence-corrected chi connectivity index (χ2v) is 7.58. The molecule has 0 aromatic carbocycles. The van der Waals surface area contributed by atoms with Crippen molar-refractivity contribution in [1.82, 2.24) is 16.0 Å². The molecule has 0 aliphatic rings. The number of aliphatic hydroxyl groups excluding tert-OH is 1. The number of rotatable bonds is 10. The summed E-state index contributed by atoms with van der Waals surface area (Å²) in [7, 11) is 0. The number of guanidine groups is 1. The van der Waals surface area contributed by atoms with Crippen molar-refractivity contribution in [2.45, 2.75) is 60.0 Å². The van der Waals surface area contributed by atoms with E-state index in [4.69, 9.17) is 4.74 Å². The van der Waals surface area contributed by atoms with Gasteiger partial charge in [0.2, 0.25) is 0 Å². The highest BCUT2D eigenvalue weighted by atomic mass is 127. The number of carbonyl (C=O) groups is 1. The van der Waals surface area contributed by atoms with Crippen molar-refractivity contribution in [3.05, 3.63) is 0 Å². The number of nitrogens with zero attached hydrogens (tertiary/aromatic N) is 1. The lowest BCUT2D eigenvalue weighted by Crippen LogP contribution is -2.42. The Bertz CT molecular complexity index is 398. The maximum Gasteiger partial charge on any atom is 0.407 e. The van der Waals surface area contributed by atoms with Gasteiger partial charge in [-0.2, -0.15) is 0 Å². The van der Waals surface area contributed by atoms with Crippen molar-refractivity contribution in [3.8, 4) is 0 Å². The Morgan fingerprint density at radius 1 is 1.15 bits per heavy atom. The van der Waals surface area contributed by atoms with Crippen LogP contribution in [0.2, 0.25) is 0 Å². The van der Waals surface area contributed by atoms with Gasteiger partial charge in [-0.1, -0.05) is 13.8 Å². The van der Waals surface area contributed by atoms with Crippen LogP contribution in [0, 0.1) is 11.8 Å². The molecule has 0 aromatic rings. The van der Waals surface area contributed by atoms with Crippen molar-refractivity contribution < 1.29 is 14.6 Å². The zero-order chi connectivity index (χ0) is 19.3. The number of aliphatic imine (C=N–C) groups is 1. The van der Waals surface area contributed by atoms with Crippen LogP contribution in [0.25, 0.3) is 0 Å². The summed E-state index contributed by atoms with van der Waals surface area (Å²) in [4.78, 5) is 16.2. The average Bonchev–Trinajstić information content (AvgIpc) is 2.46. The van der Waals surface area contributed by atoms with Gasteiger partial charge >= 0.3 is 6.09 Å². The minimum atomic E-state index is -0.494. The number of hydrogen-bond acceptors (Lipinski definition) is 4. The lowest BCUT2D eigenvalue weighted by Gasteiger charge is -2.20. The first kappa shape index (κ1) is 27.4. The summed E-state index contributed by atoms with van der Waals surface area (Å²) in [6.45, 7) is 14.5. The Morgan fingerprint density at radius 3 is 2.27 bits per heavy atom. The van der Waals surface area contributed by atoms with Crippen LogP contribution in [-0.2, 0) is 4.74 Å². The normalized spacial score (nSPS) is 13.0. The molecule has 26 heavy (non-hydrogen) atoms. The van der Waals surface area contributed by atoms with Gasteiger partial charge in [0, 0.05) is 32.8 Å². The zero-order valence-electron chi connectivity index (χ0n) is 17.2. The number of halogens is 1. The molecular weight excluding hydrogens is 447 g/mol. The van der Waals surface area contributed by atoms with Crippen molar-refractivity contribution in [3.63, 3.8) is 0 Å². The zero-order valence-corrected chi connectivity index (χ0v) is 19.6. The number of nitrogens with one attached hydrogen (secondary N) is 3. The second-order valence-electron chi connectivity index (χ2n) is 7.58. The van der Waals surface area contributed by atoms with Gasteiger partial charge in [0.05, 0.1) is 0 Å². The quantitative estimate of drug-likeness (QED) is 0.165. The molecule has 0 aliphatic heterocycles. The van der Waals surface area contributed by atoms with Crippen LogP contribution in [0.15, 0.2) is 4.99 Å². The first-order chi connectivity index (χ1) is 11.7. The number of ether oxygens (including phenoxy) is 1. The molecule has 156 valence electrons. The Kier molecular flexibility index (Phi) is 16.2. The van der Waals surface area contributed by atoms with Crippen LogP contribution in [0.5, 0.6) is 0 Å². The Balaban J connectivity index is 0. The van der Waals surface area contributed by atoms with Gasteiger partial charge in [-0.15, -0.1) is 24.0 Å². The Morgan fingerprint density at radius 2 is 1.77 bits per heavy atom. The molecule has 0 aromatic heterocycles. The van der Waals surface area contributed by atoms with Gasteiger partial charge in [0.15, 0.2) is 5.96 Å². The molecule has 0 rings (SSSR count). The first-order valence-electron chi connectivity index (χ1n) is 9.27. The van der Waals surface area contributed by atoms with Crippen molar-refractivity contribution in [2.75, 3.05) is 32.8 Å². The molecule has 0 aliphatic carbocycles. The van der Waals surface area contributed by atoms with Crippen molar-refractivity contribution in [2.24, 2.45) is 16.8 Å². The molecule has 0 bridgehead atoms. The van der Waals surface area contributed by atoms with Gasteiger partial charge in [0.1, 0.15) is 5.60 Å². The first-order valence-corrected chi connectivity index (χ1v) is 9.27. The van der Waals surface area contributed by atoms with E-state index in [1.807, 2.05) is 27.7 Å². The molecule has 0 fully saturated rings. The van der Waals surface area contributed by atoms with Crippen molar-refractivity contribution in [1.29, 1.82) is 0 Å². The molecule has 0 radical (unpaired) electrons. The second kappa shape index (κ2) is 15.3. The predicted molar refractivity (Wildman–Crippen MR) is 118 cm³/mol. The molecule has 1 amide bonds. The fourth-order valence-corrected chi connectivity index (χ4v) is 2.35. The topological polar surface area (TPSA) is 95.0 Å². The SMILES string of the molecule is CCNC(=NCC(CCO)CC(C)C)NCCNC(=O)OC(C)(C)C.I. The Labute approximate surface area is 176 Å². The molecule has 0 heterocycles. The number of carbonyl (C=O) groups excluding carboxylic acids is 1. The highest BCUT2D eigenvalue weighted by molar-refractivity contribution is 14.0. The summed E-state index contributed by atoms with van der Waals surface area (Å²) < 4.78 is 5.19. The van der Waals surface area contributed by atoms with Crippen molar-refractivity contribution >= 4 is 36.0 Å². The number of amides is 1. The van der Waals surface area contributed by atoms with E-state index >= 15 is 0 Å². The fraction of sp³-hybridized carbons (Fsp3) is 0.889. The van der Waals surface area contributed by atoms with Crippen LogP contribution in [0.3, 0.4) is 0 Å². The van der Waals surface area contributed by atoms with Crippen LogP contribution < -0.4 is 16.0 Å². The van der Waals surface area contributed by atoms with Crippen LogP contribution in [-0.4, -0.2) is 55.5 Å². The van der Waals surface area contributed by atoms with Gasteiger partial charge in [-0.3, -0.25) is 4.99 Å². The third kappa shape index (κ3) is 16.7. The Hall–Kier alpha value is -0.770. The molecule has 4 N–H and O–H groups in total. The predicted octanol–water partition coefficient (Wildman–Crippen LogP) is 2.73. The number of alkyl carbamates (subject to hydrolysis) is 1. The van der Waals surface area contributed by atoms with Gasteiger partial charge in [-0.25, -0.2) is 4.79 Å². The third-order valence-electron chi connectivity index (χ3n) is 3.28. The third-order valence-corrected chi connectivity index (χ3v) is 3.28. The minimum absolute atomic E-state index is 0. The van der Waals surface area contributed by atoms with E-state index in [-0.39, 0.29) is 30.6 Å². The van der Waals surface area contributed by atoms with E-state index in [0.29, 0.717) is 31.5 Å². The van der Waals surface area contributed by atoms with E-state index in [1.54, 1.807) is 0 Å². The van der Waals surface area contributed by atoms with E-state index < -0.39 is 11.7 Å². The van der Waals surface area contributed by atoms with E-state index in [2.05, 4.69) is 34.8 Å². The van der Waals surface area contributed by atoms with E-state index in [1.165, 1.54) is 0 Å². The lowest BCUT2D eigenvalue weighted by molar-refractivity contribution is 0.0529. The highest BCUT2D eigenvalue weighted by Crippen LogP contribution is 2.15. The molecule has 8 heteroatoms. The monoisotopic (exact) mass is 486 g/mol. The maximum atomic E-state index is 11.6. The lowest BCUT2D eigenvalue weighted by atomic mass is 9.94. The highest BCUT2D eigenvalue weighted by Gasteiger charge is 2.15.